The van der Waals surface area contributed by atoms with Crippen molar-refractivity contribution in [1.82, 2.24) is 0 Å². The topological polar surface area (TPSA) is 9.23 Å². The number of ether oxygens (including phenoxy) is 1. The maximum Gasteiger partial charge on any atom is 0.122 e. The molecule has 0 unspecified atom stereocenters. The maximum absolute atomic E-state index is 6.24. The molecule has 0 aliphatic rings. The van der Waals surface area contributed by atoms with Crippen LogP contribution in [0.4, 0.5) is 0 Å². The first kappa shape index (κ1) is 15.7. The second kappa shape index (κ2) is 7.96. The van der Waals surface area contributed by atoms with Crippen LogP contribution in [0.1, 0.15) is 50.2 Å². The minimum absolute atomic E-state index is 0.421. The predicted octanol–water partition coefficient (Wildman–Crippen LogP) is 5.25. The number of rotatable bonds is 7. The van der Waals surface area contributed by atoms with Gasteiger partial charge >= 0.3 is 0 Å². The van der Waals surface area contributed by atoms with Crippen LogP contribution in [0.15, 0.2) is 12.1 Å². The first-order valence-electron chi connectivity index (χ1n) is 6.60. The summed E-state index contributed by atoms with van der Waals surface area (Å²) < 4.78 is 5.85. The van der Waals surface area contributed by atoms with Gasteiger partial charge in [-0.1, -0.05) is 25.4 Å². The van der Waals surface area contributed by atoms with E-state index in [1.807, 2.05) is 13.0 Å². The van der Waals surface area contributed by atoms with Crippen molar-refractivity contribution in [1.29, 1.82) is 0 Å². The molecule has 3 heteroatoms. The zero-order valence-corrected chi connectivity index (χ0v) is 13.2. The lowest BCUT2D eigenvalue weighted by molar-refractivity contribution is 0.304. The molecule has 0 aromatic heterocycles. The van der Waals surface area contributed by atoms with Crippen molar-refractivity contribution in [2.45, 2.75) is 46.0 Å². The van der Waals surface area contributed by atoms with Gasteiger partial charge in [-0.2, -0.15) is 12.6 Å². The van der Waals surface area contributed by atoms with Crippen LogP contribution >= 0.6 is 24.2 Å². The SMILES string of the molecule is Cc1cc(Cl)c(C(C)C)cc1OCCCCCS. The van der Waals surface area contributed by atoms with Gasteiger partial charge in [0.15, 0.2) is 0 Å². The average Bonchev–Trinajstić information content (AvgIpc) is 2.30. The highest BCUT2D eigenvalue weighted by atomic mass is 35.5. The first-order chi connectivity index (χ1) is 8.56. The Kier molecular flexibility index (Phi) is 6.95. The van der Waals surface area contributed by atoms with Crippen LogP contribution in [0.2, 0.25) is 5.02 Å². The highest BCUT2D eigenvalue weighted by Gasteiger charge is 2.09. The van der Waals surface area contributed by atoms with Crippen molar-refractivity contribution in [3.05, 3.63) is 28.3 Å². The number of hydrogen-bond donors (Lipinski definition) is 1. The summed E-state index contributed by atoms with van der Waals surface area (Å²) in [7, 11) is 0. The highest BCUT2D eigenvalue weighted by Crippen LogP contribution is 2.31. The van der Waals surface area contributed by atoms with Crippen molar-refractivity contribution in [3.8, 4) is 5.75 Å². The first-order valence-corrected chi connectivity index (χ1v) is 7.61. The second-order valence-corrected chi connectivity index (χ2v) is 5.78. The molecule has 0 spiro atoms. The van der Waals surface area contributed by atoms with Crippen molar-refractivity contribution in [2.75, 3.05) is 12.4 Å². The molecule has 102 valence electrons. The van der Waals surface area contributed by atoms with E-state index in [0.717, 1.165) is 47.1 Å². The summed E-state index contributed by atoms with van der Waals surface area (Å²) in [5, 5.41) is 0.838. The molecule has 0 aliphatic carbocycles. The van der Waals surface area contributed by atoms with Crippen LogP contribution in [0.3, 0.4) is 0 Å². The number of benzene rings is 1. The van der Waals surface area contributed by atoms with Crippen molar-refractivity contribution < 1.29 is 4.74 Å². The normalized spacial score (nSPS) is 11.0. The summed E-state index contributed by atoms with van der Waals surface area (Å²) in [4.78, 5) is 0. The van der Waals surface area contributed by atoms with Gasteiger partial charge in [0, 0.05) is 5.02 Å². The van der Waals surface area contributed by atoms with E-state index in [4.69, 9.17) is 16.3 Å². The minimum atomic E-state index is 0.421. The van der Waals surface area contributed by atoms with E-state index in [1.54, 1.807) is 0 Å². The Balaban J connectivity index is 2.62. The third-order valence-corrected chi connectivity index (χ3v) is 3.62. The lowest BCUT2D eigenvalue weighted by Crippen LogP contribution is -2.01. The van der Waals surface area contributed by atoms with Gasteiger partial charge in [-0.15, -0.1) is 0 Å². The molecule has 0 saturated carbocycles. The van der Waals surface area contributed by atoms with Gasteiger partial charge in [0.25, 0.3) is 0 Å². The van der Waals surface area contributed by atoms with Gasteiger partial charge < -0.3 is 4.74 Å². The molecule has 0 fully saturated rings. The van der Waals surface area contributed by atoms with Crippen LogP contribution in [-0.2, 0) is 0 Å². The van der Waals surface area contributed by atoms with Crippen molar-refractivity contribution >= 4 is 24.2 Å². The molecule has 0 atom stereocenters. The zero-order chi connectivity index (χ0) is 13.5. The molecule has 1 rings (SSSR count). The molecule has 1 aromatic rings. The highest BCUT2D eigenvalue weighted by molar-refractivity contribution is 7.80. The van der Waals surface area contributed by atoms with Crippen LogP contribution in [0.5, 0.6) is 5.75 Å². The lowest BCUT2D eigenvalue weighted by atomic mass is 10.0. The molecular weight excluding hydrogens is 264 g/mol. The Bertz CT molecular complexity index is 377. The fourth-order valence-corrected chi connectivity index (χ4v) is 2.50. The van der Waals surface area contributed by atoms with Crippen LogP contribution < -0.4 is 4.74 Å². The molecule has 18 heavy (non-hydrogen) atoms. The van der Waals surface area contributed by atoms with E-state index < -0.39 is 0 Å². The summed E-state index contributed by atoms with van der Waals surface area (Å²) in [6, 6.07) is 4.08. The molecule has 0 aliphatic heterocycles. The van der Waals surface area contributed by atoms with Gasteiger partial charge in [-0.3, -0.25) is 0 Å². The Labute approximate surface area is 121 Å². The molecule has 1 nitrogen and oxygen atoms in total. The minimum Gasteiger partial charge on any atom is -0.493 e. The van der Waals surface area contributed by atoms with Crippen molar-refractivity contribution in [3.63, 3.8) is 0 Å². The van der Waals surface area contributed by atoms with Crippen LogP contribution in [-0.4, -0.2) is 12.4 Å². The van der Waals surface area contributed by atoms with Gasteiger partial charge in [-0.05, 0) is 61.1 Å². The van der Waals surface area contributed by atoms with E-state index in [9.17, 15) is 0 Å². The maximum atomic E-state index is 6.24. The Morgan fingerprint density at radius 1 is 1.22 bits per heavy atom. The van der Waals surface area contributed by atoms with Gasteiger partial charge in [0.05, 0.1) is 6.61 Å². The predicted molar refractivity (Wildman–Crippen MR) is 83.5 cm³/mol. The summed E-state index contributed by atoms with van der Waals surface area (Å²) in [5.41, 5.74) is 2.27. The molecule has 0 bridgehead atoms. The quantitative estimate of drug-likeness (QED) is 0.532. The molecule has 0 N–H and O–H groups in total. The van der Waals surface area contributed by atoms with Crippen LogP contribution in [0.25, 0.3) is 0 Å². The third kappa shape index (κ3) is 4.74. The lowest BCUT2D eigenvalue weighted by Gasteiger charge is -2.14. The molecule has 1 aromatic carbocycles. The van der Waals surface area contributed by atoms with E-state index in [-0.39, 0.29) is 0 Å². The standard InChI is InChI=1S/C15H23ClOS/c1-11(2)13-10-15(12(3)9-14(13)16)17-7-5-4-6-8-18/h9-11,18H,4-8H2,1-3H3. The number of halogens is 1. The third-order valence-electron chi connectivity index (χ3n) is 2.98. The molecule has 0 heterocycles. The molecule has 0 radical (unpaired) electrons. The fraction of sp³-hybridized carbons (Fsp3) is 0.600. The van der Waals surface area contributed by atoms with Gasteiger partial charge in [0.2, 0.25) is 0 Å². The smallest absolute Gasteiger partial charge is 0.122 e. The number of thiol groups is 1. The van der Waals surface area contributed by atoms with Gasteiger partial charge in [-0.25, -0.2) is 0 Å². The van der Waals surface area contributed by atoms with Crippen molar-refractivity contribution in [2.24, 2.45) is 0 Å². The monoisotopic (exact) mass is 286 g/mol. The van der Waals surface area contributed by atoms with E-state index in [2.05, 4.69) is 32.5 Å². The molecular formula is C15H23ClOS. The Morgan fingerprint density at radius 3 is 2.56 bits per heavy atom. The number of hydrogen-bond acceptors (Lipinski definition) is 2. The molecule has 0 amide bonds. The van der Waals surface area contributed by atoms with Gasteiger partial charge in [0.1, 0.15) is 5.75 Å². The van der Waals surface area contributed by atoms with E-state index in [0.29, 0.717) is 5.92 Å². The fourth-order valence-electron chi connectivity index (χ4n) is 1.84. The summed E-state index contributed by atoms with van der Waals surface area (Å²) in [5.74, 6) is 2.34. The Morgan fingerprint density at radius 2 is 1.94 bits per heavy atom. The average molecular weight is 287 g/mol. The largest absolute Gasteiger partial charge is 0.493 e. The van der Waals surface area contributed by atoms with E-state index in [1.165, 1.54) is 6.42 Å². The summed E-state index contributed by atoms with van der Waals surface area (Å²) in [6.45, 7) is 7.10. The van der Waals surface area contributed by atoms with E-state index >= 15 is 0 Å². The summed E-state index contributed by atoms with van der Waals surface area (Å²) >= 11 is 10.4. The molecule has 0 saturated heterocycles. The van der Waals surface area contributed by atoms with Crippen LogP contribution in [0, 0.1) is 6.92 Å². The summed E-state index contributed by atoms with van der Waals surface area (Å²) in [6.07, 6.45) is 3.41. The number of aryl methyl sites for hydroxylation is 1. The second-order valence-electron chi connectivity index (χ2n) is 4.93. The Hall–Kier alpha value is -0.340. The zero-order valence-electron chi connectivity index (χ0n) is 11.5. The number of unbranched alkanes of at least 4 members (excludes halogenated alkanes) is 2.